The lowest BCUT2D eigenvalue weighted by Gasteiger charge is -2.06. The summed E-state index contributed by atoms with van der Waals surface area (Å²) in [4.78, 5) is 23.1. The third-order valence-corrected chi connectivity index (χ3v) is 2.56. The third-order valence-electron chi connectivity index (χ3n) is 2.56. The van der Waals surface area contributed by atoms with E-state index in [4.69, 9.17) is 5.84 Å². The van der Waals surface area contributed by atoms with E-state index < -0.39 is 5.69 Å². The molecule has 88 valence electrons. The molecule has 0 aliphatic heterocycles. The molecule has 1 aromatic carbocycles. The maximum atomic E-state index is 11.6. The van der Waals surface area contributed by atoms with Gasteiger partial charge in [0.15, 0.2) is 0 Å². The van der Waals surface area contributed by atoms with Crippen LogP contribution < -0.4 is 17.1 Å². The quantitative estimate of drug-likeness (QED) is 0.754. The average molecular weight is 231 g/mol. The number of nitrogens with two attached hydrogens (primary N) is 1. The van der Waals surface area contributed by atoms with E-state index >= 15 is 0 Å². The molecule has 0 atom stereocenters. The number of hydrogen-bond acceptors (Lipinski definition) is 3. The molecule has 0 radical (unpaired) electrons. The first kappa shape index (κ1) is 11.2. The van der Waals surface area contributed by atoms with Gasteiger partial charge in [0.25, 0.3) is 5.56 Å². The summed E-state index contributed by atoms with van der Waals surface area (Å²) in [5, 5.41) is 0. The molecule has 17 heavy (non-hydrogen) atoms. The highest BCUT2D eigenvalue weighted by Gasteiger charge is 2.03. The molecule has 5 heteroatoms. The van der Waals surface area contributed by atoms with Crippen LogP contribution >= 0.6 is 0 Å². The normalized spacial score (nSPS) is 10.4. The number of aryl methyl sites for hydroxylation is 1. The lowest BCUT2D eigenvalue weighted by molar-refractivity contribution is 0.601. The number of benzene rings is 1. The second-order valence-corrected chi connectivity index (χ2v) is 3.73. The number of nitrogen functional groups attached to an aromatic ring is 1. The Hall–Kier alpha value is -2.30. The Balaban J connectivity index is 2.23. The predicted molar refractivity (Wildman–Crippen MR) is 65.3 cm³/mol. The molecule has 1 heterocycles. The van der Waals surface area contributed by atoms with E-state index in [1.165, 1.54) is 12.3 Å². The fraction of sp³-hybridized carbons (Fsp3) is 0.167. The standard InChI is InChI=1S/C12H13N3O2/c13-15-9-7-11(16)14(12(15)17)8-6-10-4-2-1-3-5-10/h1-5,7,9H,6,8,13H2. The number of aromatic nitrogens is 2. The number of hydrogen-bond donors (Lipinski definition) is 1. The molecule has 2 rings (SSSR count). The van der Waals surface area contributed by atoms with Crippen LogP contribution in [0.2, 0.25) is 0 Å². The minimum Gasteiger partial charge on any atom is -0.335 e. The van der Waals surface area contributed by atoms with Crippen LogP contribution in [0.15, 0.2) is 52.2 Å². The van der Waals surface area contributed by atoms with E-state index in [1.807, 2.05) is 30.3 Å². The summed E-state index contributed by atoms with van der Waals surface area (Å²) in [7, 11) is 0. The highest BCUT2D eigenvalue weighted by Crippen LogP contribution is 1.99. The molecule has 0 saturated heterocycles. The molecule has 0 saturated carbocycles. The maximum absolute atomic E-state index is 11.6. The highest BCUT2D eigenvalue weighted by atomic mass is 16.2. The summed E-state index contributed by atoms with van der Waals surface area (Å²) in [5.41, 5.74) is 0.257. The molecule has 0 aliphatic rings. The van der Waals surface area contributed by atoms with Gasteiger partial charge in [-0.05, 0) is 12.0 Å². The molecule has 1 aromatic heterocycles. The first-order valence-corrected chi connectivity index (χ1v) is 5.30. The topological polar surface area (TPSA) is 70.0 Å². The molecule has 0 unspecified atom stereocenters. The van der Waals surface area contributed by atoms with Crippen molar-refractivity contribution in [2.45, 2.75) is 13.0 Å². The molecule has 0 spiro atoms. The lowest BCUT2D eigenvalue weighted by atomic mass is 10.1. The largest absolute Gasteiger partial charge is 0.349 e. The van der Waals surface area contributed by atoms with Crippen molar-refractivity contribution in [1.29, 1.82) is 0 Å². The van der Waals surface area contributed by atoms with E-state index in [2.05, 4.69) is 0 Å². The SMILES string of the molecule is Nn1ccc(=O)n(CCc2ccccc2)c1=O. The van der Waals surface area contributed by atoms with Crippen LogP contribution in [0.3, 0.4) is 0 Å². The first-order chi connectivity index (χ1) is 8.18. The molecular weight excluding hydrogens is 218 g/mol. The Bertz CT molecular complexity index is 614. The van der Waals surface area contributed by atoms with Gasteiger partial charge in [0.05, 0.1) is 0 Å². The van der Waals surface area contributed by atoms with E-state index in [0.717, 1.165) is 14.8 Å². The molecular formula is C12H13N3O2. The van der Waals surface area contributed by atoms with Crippen molar-refractivity contribution in [3.63, 3.8) is 0 Å². The van der Waals surface area contributed by atoms with Crippen LogP contribution in [-0.2, 0) is 13.0 Å². The van der Waals surface area contributed by atoms with Gasteiger partial charge in [-0.15, -0.1) is 0 Å². The Morgan fingerprint density at radius 3 is 2.47 bits per heavy atom. The maximum Gasteiger partial charge on any atom is 0.349 e. The zero-order valence-corrected chi connectivity index (χ0v) is 9.24. The van der Waals surface area contributed by atoms with Crippen molar-refractivity contribution in [2.24, 2.45) is 0 Å². The summed E-state index contributed by atoms with van der Waals surface area (Å²) >= 11 is 0. The first-order valence-electron chi connectivity index (χ1n) is 5.30. The molecule has 0 bridgehead atoms. The monoisotopic (exact) mass is 231 g/mol. The van der Waals surface area contributed by atoms with E-state index in [1.54, 1.807) is 0 Å². The Morgan fingerprint density at radius 2 is 1.76 bits per heavy atom. The lowest BCUT2D eigenvalue weighted by Crippen LogP contribution is -2.42. The van der Waals surface area contributed by atoms with Gasteiger partial charge in [-0.2, -0.15) is 0 Å². The summed E-state index contributed by atoms with van der Waals surface area (Å²) in [5.74, 6) is 5.40. The third kappa shape index (κ3) is 2.44. The number of nitrogens with zero attached hydrogens (tertiary/aromatic N) is 2. The smallest absolute Gasteiger partial charge is 0.335 e. The second-order valence-electron chi connectivity index (χ2n) is 3.73. The summed E-state index contributed by atoms with van der Waals surface area (Å²) in [6, 6.07) is 11.0. The fourth-order valence-corrected chi connectivity index (χ4v) is 1.62. The Labute approximate surface area is 97.7 Å². The van der Waals surface area contributed by atoms with Crippen LogP contribution in [0.25, 0.3) is 0 Å². The minimum absolute atomic E-state index is 0.326. The van der Waals surface area contributed by atoms with E-state index in [0.29, 0.717) is 13.0 Å². The van der Waals surface area contributed by atoms with Crippen LogP contribution in [0.4, 0.5) is 0 Å². The van der Waals surface area contributed by atoms with E-state index in [9.17, 15) is 9.59 Å². The molecule has 0 fully saturated rings. The summed E-state index contributed by atoms with van der Waals surface area (Å²) in [6.07, 6.45) is 1.89. The molecule has 5 nitrogen and oxygen atoms in total. The molecule has 0 aliphatic carbocycles. The minimum atomic E-state index is -0.492. The van der Waals surface area contributed by atoms with Crippen molar-refractivity contribution in [3.05, 3.63) is 69.0 Å². The van der Waals surface area contributed by atoms with Crippen molar-refractivity contribution >= 4 is 0 Å². The molecule has 2 aromatic rings. The van der Waals surface area contributed by atoms with Gasteiger partial charge < -0.3 is 5.84 Å². The van der Waals surface area contributed by atoms with Crippen LogP contribution in [0.5, 0.6) is 0 Å². The molecule has 2 N–H and O–H groups in total. The van der Waals surface area contributed by atoms with Gasteiger partial charge in [-0.3, -0.25) is 9.36 Å². The van der Waals surface area contributed by atoms with Crippen LogP contribution in [0.1, 0.15) is 5.56 Å². The summed E-state index contributed by atoms with van der Waals surface area (Å²) in [6.45, 7) is 0.333. The van der Waals surface area contributed by atoms with Gasteiger partial charge in [0.1, 0.15) is 0 Å². The van der Waals surface area contributed by atoms with Gasteiger partial charge in [-0.1, -0.05) is 30.3 Å². The predicted octanol–water partition coefficient (Wildman–Crippen LogP) is -0.0335. The molecule has 0 amide bonds. The number of rotatable bonds is 3. The van der Waals surface area contributed by atoms with Crippen molar-refractivity contribution in [3.8, 4) is 0 Å². The Morgan fingerprint density at radius 1 is 1.06 bits per heavy atom. The zero-order valence-electron chi connectivity index (χ0n) is 9.24. The second kappa shape index (κ2) is 4.69. The zero-order chi connectivity index (χ0) is 12.3. The van der Waals surface area contributed by atoms with Gasteiger partial charge in [0.2, 0.25) is 0 Å². The fourth-order valence-electron chi connectivity index (χ4n) is 1.62. The average Bonchev–Trinajstić information content (AvgIpc) is 2.35. The van der Waals surface area contributed by atoms with Crippen LogP contribution in [-0.4, -0.2) is 9.24 Å². The van der Waals surface area contributed by atoms with E-state index in [-0.39, 0.29) is 5.56 Å². The Kier molecular flexibility index (Phi) is 3.09. The van der Waals surface area contributed by atoms with Crippen molar-refractivity contribution in [1.82, 2.24) is 9.24 Å². The van der Waals surface area contributed by atoms with Gasteiger partial charge in [0, 0.05) is 18.8 Å². The van der Waals surface area contributed by atoms with Crippen molar-refractivity contribution in [2.75, 3.05) is 5.84 Å². The van der Waals surface area contributed by atoms with Crippen LogP contribution in [0, 0.1) is 0 Å². The summed E-state index contributed by atoms with van der Waals surface area (Å²) < 4.78 is 2.04. The van der Waals surface area contributed by atoms with Gasteiger partial charge >= 0.3 is 5.69 Å². The van der Waals surface area contributed by atoms with Crippen molar-refractivity contribution < 1.29 is 0 Å². The highest BCUT2D eigenvalue weighted by molar-refractivity contribution is 5.14. The van der Waals surface area contributed by atoms with Gasteiger partial charge in [-0.25, -0.2) is 9.47 Å².